The van der Waals surface area contributed by atoms with Crippen LogP contribution in [0.15, 0.2) is 18.2 Å². The Labute approximate surface area is 213 Å². The van der Waals surface area contributed by atoms with Gasteiger partial charge in [0.05, 0.1) is 11.5 Å². The van der Waals surface area contributed by atoms with Gasteiger partial charge in [0.1, 0.15) is 15.9 Å². The van der Waals surface area contributed by atoms with Gasteiger partial charge in [0.15, 0.2) is 0 Å². The third-order valence-corrected chi connectivity index (χ3v) is 10.5. The Kier molecular flexibility index (Phi) is 7.23. The van der Waals surface area contributed by atoms with Gasteiger partial charge in [-0.2, -0.15) is 0 Å². The molecule has 3 amide bonds. The Morgan fingerprint density at radius 2 is 1.81 bits per heavy atom. The van der Waals surface area contributed by atoms with E-state index >= 15 is 0 Å². The average molecular weight is 516 g/mol. The van der Waals surface area contributed by atoms with Crippen LogP contribution in [0.1, 0.15) is 79.8 Å². The van der Waals surface area contributed by atoms with Crippen LogP contribution in [-0.4, -0.2) is 60.7 Å². The summed E-state index contributed by atoms with van der Waals surface area (Å²) in [5, 5.41) is 6.23. The molecule has 0 aromatic heterocycles. The molecule has 3 fully saturated rings. The van der Waals surface area contributed by atoms with Crippen molar-refractivity contribution in [3.05, 3.63) is 34.9 Å². The van der Waals surface area contributed by atoms with Crippen LogP contribution in [0.2, 0.25) is 0 Å². The summed E-state index contributed by atoms with van der Waals surface area (Å²) in [6.45, 7) is 2.61. The number of piperidine rings is 1. The van der Waals surface area contributed by atoms with Crippen molar-refractivity contribution >= 4 is 27.6 Å². The zero-order valence-corrected chi connectivity index (χ0v) is 21.8. The van der Waals surface area contributed by atoms with Crippen LogP contribution in [-0.2, 0) is 32.4 Å². The van der Waals surface area contributed by atoms with E-state index in [1.807, 2.05) is 12.1 Å². The van der Waals surface area contributed by atoms with Crippen LogP contribution in [0.4, 0.5) is 0 Å². The second-order valence-electron chi connectivity index (χ2n) is 11.2. The van der Waals surface area contributed by atoms with Gasteiger partial charge in [-0.05, 0) is 74.5 Å². The molecule has 8 nitrogen and oxygen atoms in total. The second-order valence-corrected chi connectivity index (χ2v) is 13.5. The summed E-state index contributed by atoms with van der Waals surface area (Å²) in [6, 6.07) is 6.18. The van der Waals surface area contributed by atoms with Crippen LogP contribution < -0.4 is 10.6 Å². The van der Waals surface area contributed by atoms with E-state index in [9.17, 15) is 22.8 Å². The molecular weight excluding hydrogens is 478 g/mol. The molecule has 4 atom stereocenters. The fourth-order valence-corrected chi connectivity index (χ4v) is 8.14. The number of nitrogens with zero attached hydrogens (tertiary/aromatic N) is 1. The molecule has 1 aromatic rings. The van der Waals surface area contributed by atoms with Gasteiger partial charge in [0.25, 0.3) is 5.91 Å². The Morgan fingerprint density at radius 3 is 2.56 bits per heavy atom. The molecule has 3 heterocycles. The molecule has 3 aliphatic heterocycles. The first-order valence-electron chi connectivity index (χ1n) is 13.4. The van der Waals surface area contributed by atoms with E-state index in [4.69, 9.17) is 0 Å². The zero-order valence-electron chi connectivity index (χ0n) is 21.0. The highest BCUT2D eigenvalue weighted by Gasteiger charge is 2.39. The van der Waals surface area contributed by atoms with Crippen LogP contribution in [0, 0.1) is 11.8 Å². The highest BCUT2D eigenvalue weighted by Crippen LogP contribution is 2.33. The summed E-state index contributed by atoms with van der Waals surface area (Å²) in [5.41, 5.74) is 2.82. The first-order chi connectivity index (χ1) is 17.2. The number of imide groups is 1. The van der Waals surface area contributed by atoms with Gasteiger partial charge < -0.3 is 10.2 Å². The minimum atomic E-state index is -2.85. The lowest BCUT2D eigenvalue weighted by Gasteiger charge is -2.37. The molecule has 2 N–H and O–H groups in total. The third-order valence-electron chi connectivity index (χ3n) is 8.78. The van der Waals surface area contributed by atoms with Crippen molar-refractivity contribution in [1.82, 2.24) is 15.5 Å². The van der Waals surface area contributed by atoms with Crippen LogP contribution in [0.3, 0.4) is 0 Å². The number of hydrogen-bond donors (Lipinski definition) is 2. The van der Waals surface area contributed by atoms with E-state index < -0.39 is 15.9 Å². The van der Waals surface area contributed by atoms with Gasteiger partial charge in [0.2, 0.25) is 11.8 Å². The van der Waals surface area contributed by atoms with Crippen LogP contribution in [0.5, 0.6) is 0 Å². The average Bonchev–Trinajstić information content (AvgIpc) is 3.15. The standard InChI is InChI=1S/C27H37N3O5S/c1-17(19-10-12-36(34,35)13-11-19)28-23-5-3-2-4-20(23)14-18-6-7-22-21(15-18)16-30(27(22)33)24-8-9-25(31)29-26(24)32/h6-7,15,17,19-20,23-24,28H,2-5,8-14,16H2,1H3,(H,29,31,32)/t17?,20-,23+,24?/m1/s1. The summed E-state index contributed by atoms with van der Waals surface area (Å²) in [4.78, 5) is 38.4. The first kappa shape index (κ1) is 25.4. The minimum absolute atomic E-state index is 0.133. The highest BCUT2D eigenvalue weighted by atomic mass is 32.2. The molecule has 0 spiro atoms. The van der Waals surface area contributed by atoms with Gasteiger partial charge in [0, 0.05) is 30.6 Å². The maximum absolute atomic E-state index is 13.0. The summed E-state index contributed by atoms with van der Waals surface area (Å²) in [5.74, 6) is 0.722. The number of carbonyl (C=O) groups is 3. The molecule has 0 bridgehead atoms. The molecule has 1 aromatic carbocycles. The molecular formula is C27H37N3O5S. The number of sulfone groups is 1. The van der Waals surface area contributed by atoms with E-state index in [-0.39, 0.29) is 24.1 Å². The SMILES string of the molecule is CC(N[C@H]1CCCC[C@@H]1Cc1ccc2c(c1)CN(C1CCC(=O)NC1=O)C2=O)C1CCS(=O)(=O)CC1. The lowest BCUT2D eigenvalue weighted by Crippen LogP contribution is -2.52. The van der Waals surface area contributed by atoms with Gasteiger partial charge in [-0.1, -0.05) is 25.0 Å². The van der Waals surface area contributed by atoms with Crippen molar-refractivity contribution in [1.29, 1.82) is 0 Å². The molecule has 2 unspecified atom stereocenters. The van der Waals surface area contributed by atoms with E-state index in [1.54, 1.807) is 4.90 Å². The maximum atomic E-state index is 13.0. The van der Waals surface area contributed by atoms with Crippen molar-refractivity contribution in [2.75, 3.05) is 11.5 Å². The summed E-state index contributed by atoms with van der Waals surface area (Å²) in [7, 11) is -2.85. The predicted molar refractivity (Wildman–Crippen MR) is 136 cm³/mol. The number of fused-ring (bicyclic) bond motifs is 1. The second kappa shape index (κ2) is 10.2. The summed E-state index contributed by atoms with van der Waals surface area (Å²) < 4.78 is 23.7. The number of amides is 3. The van der Waals surface area contributed by atoms with Crippen molar-refractivity contribution in [2.24, 2.45) is 11.8 Å². The van der Waals surface area contributed by atoms with E-state index in [0.717, 1.165) is 37.7 Å². The molecule has 4 aliphatic rings. The van der Waals surface area contributed by atoms with Crippen molar-refractivity contribution < 1.29 is 22.8 Å². The molecule has 0 radical (unpaired) electrons. The largest absolute Gasteiger partial charge is 0.322 e. The number of nitrogens with one attached hydrogen (secondary N) is 2. The fourth-order valence-electron chi connectivity index (χ4n) is 6.61. The Morgan fingerprint density at radius 1 is 1.06 bits per heavy atom. The maximum Gasteiger partial charge on any atom is 0.255 e. The molecule has 196 valence electrons. The Bertz CT molecular complexity index is 1140. The third kappa shape index (κ3) is 5.37. The minimum Gasteiger partial charge on any atom is -0.322 e. The number of hydrogen-bond acceptors (Lipinski definition) is 6. The van der Waals surface area contributed by atoms with Crippen LogP contribution in [0.25, 0.3) is 0 Å². The van der Waals surface area contributed by atoms with Gasteiger partial charge in [-0.3, -0.25) is 19.7 Å². The molecule has 2 saturated heterocycles. The van der Waals surface area contributed by atoms with Gasteiger partial charge in [-0.25, -0.2) is 8.42 Å². The monoisotopic (exact) mass is 515 g/mol. The van der Waals surface area contributed by atoms with E-state index in [1.165, 1.54) is 18.4 Å². The number of benzene rings is 1. The van der Waals surface area contributed by atoms with Crippen molar-refractivity contribution in [2.45, 2.75) is 89.4 Å². The van der Waals surface area contributed by atoms with Crippen molar-refractivity contribution in [3.8, 4) is 0 Å². The fraction of sp³-hybridized carbons (Fsp3) is 0.667. The predicted octanol–water partition coefficient (Wildman–Crippen LogP) is 2.35. The van der Waals surface area contributed by atoms with Crippen molar-refractivity contribution in [3.63, 3.8) is 0 Å². The highest BCUT2D eigenvalue weighted by molar-refractivity contribution is 7.91. The number of rotatable bonds is 6. The van der Waals surface area contributed by atoms with E-state index in [2.05, 4.69) is 23.6 Å². The summed E-state index contributed by atoms with van der Waals surface area (Å²) >= 11 is 0. The van der Waals surface area contributed by atoms with E-state index in [0.29, 0.717) is 54.0 Å². The normalized spacial score (nSPS) is 29.6. The molecule has 9 heteroatoms. The lowest BCUT2D eigenvalue weighted by molar-refractivity contribution is -0.136. The van der Waals surface area contributed by atoms with Gasteiger partial charge in [-0.15, -0.1) is 0 Å². The number of carbonyl (C=O) groups excluding carboxylic acids is 3. The smallest absolute Gasteiger partial charge is 0.255 e. The molecule has 1 saturated carbocycles. The quantitative estimate of drug-likeness (QED) is 0.563. The topological polar surface area (TPSA) is 113 Å². The molecule has 36 heavy (non-hydrogen) atoms. The summed E-state index contributed by atoms with van der Waals surface area (Å²) in [6.07, 6.45) is 7.76. The Hall–Kier alpha value is -2.26. The molecule has 5 rings (SSSR count). The zero-order chi connectivity index (χ0) is 25.4. The first-order valence-corrected chi connectivity index (χ1v) is 15.3. The lowest BCUT2D eigenvalue weighted by atomic mass is 9.79. The van der Waals surface area contributed by atoms with Gasteiger partial charge >= 0.3 is 0 Å². The Balaban J connectivity index is 1.23. The molecule has 1 aliphatic carbocycles. The van der Waals surface area contributed by atoms with Crippen LogP contribution >= 0.6 is 0 Å².